The minimum Gasteiger partial charge on any atom is -0.455 e. The highest BCUT2D eigenvalue weighted by atomic mass is 16.6. The third-order valence-corrected chi connectivity index (χ3v) is 6.43. The van der Waals surface area contributed by atoms with Gasteiger partial charge >= 0.3 is 5.97 Å². The number of carbonyl (C=O) groups excluding carboxylic acids is 2. The van der Waals surface area contributed by atoms with E-state index in [0.29, 0.717) is 43.0 Å². The van der Waals surface area contributed by atoms with Crippen LogP contribution < -0.4 is 10.2 Å². The van der Waals surface area contributed by atoms with Crippen LogP contribution in [0.3, 0.4) is 0 Å². The lowest BCUT2D eigenvalue weighted by Gasteiger charge is -2.32. The Balaban J connectivity index is 1.30. The second-order valence-electron chi connectivity index (χ2n) is 8.96. The highest BCUT2D eigenvalue weighted by Crippen LogP contribution is 2.31. The molecule has 0 atom stereocenters. The molecule has 2 aromatic carbocycles. The summed E-state index contributed by atoms with van der Waals surface area (Å²) in [6, 6.07) is 14.5. The molecule has 3 aromatic rings. The predicted molar refractivity (Wildman–Crippen MR) is 135 cm³/mol. The van der Waals surface area contributed by atoms with Crippen molar-refractivity contribution in [3.8, 4) is 5.69 Å². The Morgan fingerprint density at radius 1 is 1.08 bits per heavy atom. The smallest absolute Gasteiger partial charge is 0.309 e. The molecule has 0 bridgehead atoms. The summed E-state index contributed by atoms with van der Waals surface area (Å²) in [5.74, 6) is -1.23. The molecule has 0 saturated carbocycles. The summed E-state index contributed by atoms with van der Waals surface area (Å²) in [6.45, 7) is 6.28. The third-order valence-electron chi connectivity index (χ3n) is 6.43. The van der Waals surface area contributed by atoms with Crippen molar-refractivity contribution in [2.75, 3.05) is 29.9 Å². The van der Waals surface area contributed by atoms with Gasteiger partial charge in [0.25, 0.3) is 11.6 Å². The lowest BCUT2D eigenvalue weighted by Crippen LogP contribution is -2.37. The number of benzene rings is 2. The van der Waals surface area contributed by atoms with Crippen molar-refractivity contribution in [1.29, 1.82) is 0 Å². The minimum absolute atomic E-state index is 0.0477. The van der Waals surface area contributed by atoms with Gasteiger partial charge < -0.3 is 15.0 Å². The lowest BCUT2D eigenvalue weighted by molar-refractivity contribution is -0.384. The van der Waals surface area contributed by atoms with Crippen LogP contribution in [0.2, 0.25) is 0 Å². The van der Waals surface area contributed by atoms with E-state index in [0.717, 1.165) is 16.9 Å². The number of amides is 1. The van der Waals surface area contributed by atoms with E-state index < -0.39 is 23.4 Å². The molecule has 1 saturated heterocycles. The quantitative estimate of drug-likeness (QED) is 0.300. The minimum atomic E-state index is -0.435. The van der Waals surface area contributed by atoms with Crippen molar-refractivity contribution in [2.24, 2.45) is 5.92 Å². The van der Waals surface area contributed by atoms with Crippen LogP contribution in [-0.4, -0.2) is 46.3 Å². The van der Waals surface area contributed by atoms with E-state index in [9.17, 15) is 19.7 Å². The molecular formula is C26H29N5O5. The zero-order valence-electron chi connectivity index (χ0n) is 20.6. The number of nitrogens with one attached hydrogen (secondary N) is 1. The van der Waals surface area contributed by atoms with Gasteiger partial charge in [-0.25, -0.2) is 4.68 Å². The molecule has 0 aliphatic carbocycles. The van der Waals surface area contributed by atoms with Gasteiger partial charge in [-0.1, -0.05) is 29.8 Å². The molecule has 2 heterocycles. The van der Waals surface area contributed by atoms with Crippen LogP contribution in [0.25, 0.3) is 5.69 Å². The largest absolute Gasteiger partial charge is 0.455 e. The summed E-state index contributed by atoms with van der Waals surface area (Å²) < 4.78 is 7.06. The van der Waals surface area contributed by atoms with Crippen LogP contribution in [-0.2, 0) is 14.3 Å². The molecule has 10 heteroatoms. The number of hydrogen-bond acceptors (Lipinski definition) is 7. The molecule has 1 aromatic heterocycles. The predicted octanol–water partition coefficient (Wildman–Crippen LogP) is 4.10. The van der Waals surface area contributed by atoms with Crippen molar-refractivity contribution in [2.45, 2.75) is 33.6 Å². The number of nitro groups is 1. The number of aryl methyl sites for hydroxylation is 2. The summed E-state index contributed by atoms with van der Waals surface area (Å²) in [4.78, 5) is 37.9. The molecule has 1 N–H and O–H groups in total. The fourth-order valence-electron chi connectivity index (χ4n) is 4.43. The Morgan fingerprint density at radius 3 is 2.42 bits per heavy atom. The summed E-state index contributed by atoms with van der Waals surface area (Å²) in [5.41, 5.74) is 4.66. The standard InChI is InChI=1S/C26H29N5O5/c1-17-8-10-21(11-9-17)30-19(3)25(18(2)28-30)27-24(32)16-36-26(33)20-12-14-29(15-13-20)22-6-4-5-7-23(22)31(34)35/h4-11,20H,12-16H2,1-3H3,(H,27,32). The van der Waals surface area contributed by atoms with Gasteiger partial charge in [0.15, 0.2) is 6.61 Å². The first kappa shape index (κ1) is 24.9. The molecule has 0 radical (unpaired) electrons. The molecule has 1 amide bonds. The number of carbonyl (C=O) groups is 2. The Labute approximate surface area is 209 Å². The highest BCUT2D eigenvalue weighted by Gasteiger charge is 2.29. The Bertz CT molecular complexity index is 1280. The number of hydrogen-bond donors (Lipinski definition) is 1. The van der Waals surface area contributed by atoms with Crippen molar-refractivity contribution >= 4 is 28.9 Å². The number of aromatic nitrogens is 2. The topological polar surface area (TPSA) is 120 Å². The highest BCUT2D eigenvalue weighted by molar-refractivity contribution is 5.94. The molecule has 4 rings (SSSR count). The second-order valence-corrected chi connectivity index (χ2v) is 8.96. The molecule has 188 valence electrons. The third kappa shape index (κ3) is 5.37. The number of rotatable bonds is 7. The maximum absolute atomic E-state index is 12.6. The van der Waals surface area contributed by atoms with E-state index in [1.165, 1.54) is 6.07 Å². The van der Waals surface area contributed by atoms with Gasteiger partial charge in [-0.2, -0.15) is 5.10 Å². The number of anilines is 2. The first-order valence-electron chi connectivity index (χ1n) is 11.8. The van der Waals surface area contributed by atoms with Crippen LogP contribution in [0, 0.1) is 36.8 Å². The van der Waals surface area contributed by atoms with Gasteiger partial charge in [0, 0.05) is 19.2 Å². The average molecular weight is 492 g/mol. The first-order valence-corrected chi connectivity index (χ1v) is 11.8. The van der Waals surface area contributed by atoms with Crippen molar-refractivity contribution in [3.63, 3.8) is 0 Å². The summed E-state index contributed by atoms with van der Waals surface area (Å²) >= 11 is 0. The SMILES string of the molecule is Cc1ccc(-n2nc(C)c(NC(=O)COC(=O)C3CCN(c4ccccc4[N+](=O)[O-])CC3)c2C)cc1. The number of nitro benzene ring substituents is 1. The number of para-hydroxylation sites is 2. The van der Waals surface area contributed by atoms with Crippen molar-refractivity contribution < 1.29 is 19.2 Å². The van der Waals surface area contributed by atoms with Crippen LogP contribution in [0.15, 0.2) is 48.5 Å². The normalized spacial score (nSPS) is 13.9. The van der Waals surface area contributed by atoms with Crippen LogP contribution >= 0.6 is 0 Å². The van der Waals surface area contributed by atoms with E-state index in [-0.39, 0.29) is 11.6 Å². The molecule has 36 heavy (non-hydrogen) atoms. The zero-order chi connectivity index (χ0) is 25.8. The molecule has 10 nitrogen and oxygen atoms in total. The summed E-state index contributed by atoms with van der Waals surface area (Å²) in [6.07, 6.45) is 0.988. The van der Waals surface area contributed by atoms with Crippen LogP contribution in [0.1, 0.15) is 29.8 Å². The van der Waals surface area contributed by atoms with E-state index >= 15 is 0 Å². The Morgan fingerprint density at radius 2 is 1.75 bits per heavy atom. The Kier molecular flexibility index (Phi) is 7.33. The van der Waals surface area contributed by atoms with Gasteiger partial charge in [0.05, 0.1) is 33.6 Å². The maximum atomic E-state index is 12.6. The van der Waals surface area contributed by atoms with E-state index in [2.05, 4.69) is 10.4 Å². The monoisotopic (exact) mass is 491 g/mol. The second kappa shape index (κ2) is 10.6. The molecule has 1 fully saturated rings. The average Bonchev–Trinajstić information content (AvgIpc) is 3.16. The van der Waals surface area contributed by atoms with E-state index in [4.69, 9.17) is 4.74 Å². The zero-order valence-corrected chi connectivity index (χ0v) is 20.6. The van der Waals surface area contributed by atoms with Crippen molar-refractivity contribution in [1.82, 2.24) is 9.78 Å². The molecule has 0 unspecified atom stereocenters. The maximum Gasteiger partial charge on any atom is 0.309 e. The summed E-state index contributed by atoms with van der Waals surface area (Å²) in [7, 11) is 0. The van der Waals surface area contributed by atoms with Gasteiger partial charge in [-0.3, -0.25) is 19.7 Å². The van der Waals surface area contributed by atoms with Crippen LogP contribution in [0.5, 0.6) is 0 Å². The van der Waals surface area contributed by atoms with Gasteiger partial charge in [0.2, 0.25) is 0 Å². The fourth-order valence-corrected chi connectivity index (χ4v) is 4.43. The molecule has 1 aliphatic heterocycles. The van der Waals surface area contributed by atoms with Gasteiger partial charge in [0.1, 0.15) is 5.69 Å². The fraction of sp³-hybridized carbons (Fsp3) is 0.346. The Hall–Kier alpha value is -4.21. The number of ether oxygens (including phenoxy) is 1. The van der Waals surface area contributed by atoms with Gasteiger partial charge in [-0.05, 0) is 51.8 Å². The number of esters is 1. The molecule has 0 spiro atoms. The van der Waals surface area contributed by atoms with Crippen molar-refractivity contribution in [3.05, 3.63) is 75.6 Å². The molecular weight excluding hydrogens is 462 g/mol. The number of piperidine rings is 1. The number of nitrogens with zero attached hydrogens (tertiary/aromatic N) is 4. The first-order chi connectivity index (χ1) is 17.2. The van der Waals surface area contributed by atoms with Crippen LogP contribution in [0.4, 0.5) is 17.1 Å². The van der Waals surface area contributed by atoms with E-state index in [1.807, 2.05) is 49.9 Å². The lowest BCUT2D eigenvalue weighted by atomic mass is 9.96. The van der Waals surface area contributed by atoms with E-state index in [1.54, 1.807) is 22.9 Å². The molecule has 1 aliphatic rings. The van der Waals surface area contributed by atoms with Gasteiger partial charge in [-0.15, -0.1) is 0 Å². The summed E-state index contributed by atoms with van der Waals surface area (Å²) in [5, 5.41) is 18.6.